The van der Waals surface area contributed by atoms with Gasteiger partial charge in [0, 0.05) is 19.5 Å². The van der Waals surface area contributed by atoms with Gasteiger partial charge in [-0.15, -0.1) is 0 Å². The number of morpholine rings is 1. The number of ether oxygens (including phenoxy) is 1. The smallest absolute Gasteiger partial charge is 0.243 e. The van der Waals surface area contributed by atoms with Crippen molar-refractivity contribution in [2.75, 3.05) is 26.3 Å². The maximum absolute atomic E-state index is 12.7. The Morgan fingerprint density at radius 1 is 1.08 bits per heavy atom. The Labute approximate surface area is 156 Å². The summed E-state index contributed by atoms with van der Waals surface area (Å²) >= 11 is 0. The summed E-state index contributed by atoms with van der Waals surface area (Å²) in [4.78, 5) is 15.0. The Balaban J connectivity index is 1.56. The summed E-state index contributed by atoms with van der Waals surface area (Å²) in [7, 11) is -3.43. The molecule has 0 saturated carbocycles. The summed E-state index contributed by atoms with van der Waals surface area (Å²) in [6, 6.07) is 8.75. The van der Waals surface area contributed by atoms with Crippen LogP contribution in [0.2, 0.25) is 0 Å². The van der Waals surface area contributed by atoms with Gasteiger partial charge in [-0.05, 0) is 44.7 Å². The van der Waals surface area contributed by atoms with Crippen molar-refractivity contribution < 1.29 is 17.9 Å². The molecule has 2 fully saturated rings. The molecule has 2 unspecified atom stereocenters. The number of amides is 1. The third-order valence-electron chi connectivity index (χ3n) is 5.37. The molecule has 7 heteroatoms. The van der Waals surface area contributed by atoms with E-state index in [4.69, 9.17) is 4.74 Å². The monoisotopic (exact) mass is 380 g/mol. The summed E-state index contributed by atoms with van der Waals surface area (Å²) in [5.41, 5.74) is 0. The molecule has 2 aliphatic rings. The van der Waals surface area contributed by atoms with Crippen molar-refractivity contribution >= 4 is 15.9 Å². The number of nitrogens with zero attached hydrogens (tertiary/aromatic N) is 2. The van der Waals surface area contributed by atoms with E-state index in [9.17, 15) is 13.2 Å². The van der Waals surface area contributed by atoms with Gasteiger partial charge in [0.15, 0.2) is 0 Å². The van der Waals surface area contributed by atoms with Gasteiger partial charge in [0.2, 0.25) is 15.9 Å². The number of hydrogen-bond donors (Lipinski definition) is 0. The average Bonchev–Trinajstić information content (AvgIpc) is 2.63. The maximum atomic E-state index is 12.7. The highest BCUT2D eigenvalue weighted by molar-refractivity contribution is 7.89. The Morgan fingerprint density at radius 2 is 1.65 bits per heavy atom. The third kappa shape index (κ3) is 4.10. The Morgan fingerprint density at radius 3 is 2.23 bits per heavy atom. The number of carbonyl (C=O) groups is 1. The van der Waals surface area contributed by atoms with Gasteiger partial charge in [0.05, 0.1) is 30.2 Å². The lowest BCUT2D eigenvalue weighted by molar-refractivity contribution is -0.145. The Hall–Kier alpha value is -1.44. The zero-order chi connectivity index (χ0) is 18.7. The van der Waals surface area contributed by atoms with Gasteiger partial charge in [-0.3, -0.25) is 4.79 Å². The highest BCUT2D eigenvalue weighted by Crippen LogP contribution is 2.27. The molecule has 0 radical (unpaired) electrons. The van der Waals surface area contributed by atoms with Crippen LogP contribution in [-0.4, -0.2) is 61.9 Å². The van der Waals surface area contributed by atoms with Crippen LogP contribution in [0.25, 0.3) is 0 Å². The van der Waals surface area contributed by atoms with Crippen LogP contribution in [-0.2, 0) is 19.6 Å². The van der Waals surface area contributed by atoms with E-state index < -0.39 is 10.0 Å². The lowest BCUT2D eigenvalue weighted by atomic mass is 9.93. The summed E-state index contributed by atoms with van der Waals surface area (Å²) in [6.07, 6.45) is 1.95. The van der Waals surface area contributed by atoms with Gasteiger partial charge in [-0.2, -0.15) is 4.31 Å². The fraction of sp³-hybridized carbons (Fsp3) is 0.632. The van der Waals surface area contributed by atoms with E-state index in [2.05, 4.69) is 0 Å². The molecule has 1 amide bonds. The molecule has 0 aromatic heterocycles. The zero-order valence-electron chi connectivity index (χ0n) is 15.5. The van der Waals surface area contributed by atoms with Gasteiger partial charge >= 0.3 is 0 Å². The van der Waals surface area contributed by atoms with Crippen molar-refractivity contribution in [2.45, 2.75) is 50.1 Å². The van der Waals surface area contributed by atoms with Crippen molar-refractivity contribution in [3.8, 4) is 0 Å². The minimum absolute atomic E-state index is 0.102. The van der Waals surface area contributed by atoms with Crippen LogP contribution in [0, 0.1) is 5.92 Å². The first-order chi connectivity index (χ1) is 12.4. The van der Waals surface area contributed by atoms with Crippen LogP contribution >= 0.6 is 0 Å². The lowest BCUT2D eigenvalue weighted by Crippen LogP contribution is -2.53. The first-order valence-corrected chi connectivity index (χ1v) is 10.8. The minimum Gasteiger partial charge on any atom is -0.377 e. The first-order valence-electron chi connectivity index (χ1n) is 9.33. The SMILES string of the molecule is CC1COCC(C)N1C(=O)CC1CCN(S(=O)(=O)c2ccccc2)CC1. The van der Waals surface area contributed by atoms with Crippen molar-refractivity contribution in [2.24, 2.45) is 5.92 Å². The largest absolute Gasteiger partial charge is 0.377 e. The summed E-state index contributed by atoms with van der Waals surface area (Å²) < 4.78 is 32.4. The van der Waals surface area contributed by atoms with Crippen LogP contribution in [0.5, 0.6) is 0 Å². The number of rotatable bonds is 4. The lowest BCUT2D eigenvalue weighted by Gasteiger charge is -2.40. The van der Waals surface area contributed by atoms with E-state index in [-0.39, 0.29) is 23.9 Å². The molecule has 2 aliphatic heterocycles. The van der Waals surface area contributed by atoms with Crippen LogP contribution in [0.3, 0.4) is 0 Å². The Kier molecular flexibility index (Phi) is 5.99. The quantitative estimate of drug-likeness (QED) is 0.802. The van der Waals surface area contributed by atoms with Crippen molar-refractivity contribution in [3.05, 3.63) is 30.3 Å². The number of piperidine rings is 1. The number of hydrogen-bond acceptors (Lipinski definition) is 4. The van der Waals surface area contributed by atoms with E-state index in [1.807, 2.05) is 24.8 Å². The third-order valence-corrected chi connectivity index (χ3v) is 7.29. The van der Waals surface area contributed by atoms with Crippen LogP contribution in [0.1, 0.15) is 33.1 Å². The molecule has 6 nitrogen and oxygen atoms in total. The first kappa shape index (κ1) is 19.3. The van der Waals surface area contributed by atoms with Crippen molar-refractivity contribution in [1.29, 1.82) is 0 Å². The van der Waals surface area contributed by atoms with Crippen molar-refractivity contribution in [3.63, 3.8) is 0 Å². The maximum Gasteiger partial charge on any atom is 0.243 e. The van der Waals surface area contributed by atoms with Crippen LogP contribution in [0.15, 0.2) is 35.2 Å². The molecule has 2 heterocycles. The summed E-state index contributed by atoms with van der Waals surface area (Å²) in [5, 5.41) is 0. The molecule has 0 bridgehead atoms. The molecule has 2 atom stereocenters. The van der Waals surface area contributed by atoms with Gasteiger partial charge in [0.1, 0.15) is 0 Å². The van der Waals surface area contributed by atoms with Gasteiger partial charge in [-0.1, -0.05) is 18.2 Å². The van der Waals surface area contributed by atoms with Gasteiger partial charge in [-0.25, -0.2) is 8.42 Å². The van der Waals surface area contributed by atoms with E-state index in [1.165, 1.54) is 0 Å². The highest BCUT2D eigenvalue weighted by Gasteiger charge is 2.34. The molecular weight excluding hydrogens is 352 g/mol. The fourth-order valence-corrected chi connectivity index (χ4v) is 5.43. The molecule has 144 valence electrons. The molecule has 2 saturated heterocycles. The van der Waals surface area contributed by atoms with Gasteiger partial charge in [0.25, 0.3) is 0 Å². The number of benzene rings is 1. The van der Waals surface area contributed by atoms with Crippen molar-refractivity contribution in [1.82, 2.24) is 9.21 Å². The number of sulfonamides is 1. The Bertz CT molecular complexity index is 704. The molecule has 1 aromatic carbocycles. The van der Waals surface area contributed by atoms with E-state index in [0.717, 1.165) is 12.8 Å². The minimum atomic E-state index is -3.43. The van der Waals surface area contributed by atoms with E-state index in [1.54, 1.807) is 28.6 Å². The topological polar surface area (TPSA) is 66.9 Å². The summed E-state index contributed by atoms with van der Waals surface area (Å²) in [6.45, 7) is 6.16. The molecule has 3 rings (SSSR count). The standard InChI is InChI=1S/C19H28N2O4S/c1-15-13-25-14-16(2)21(15)19(22)12-17-8-10-20(11-9-17)26(23,24)18-6-4-3-5-7-18/h3-7,15-17H,8-14H2,1-2H3. The van der Waals surface area contributed by atoms with E-state index >= 15 is 0 Å². The van der Waals surface area contributed by atoms with Crippen LogP contribution in [0.4, 0.5) is 0 Å². The highest BCUT2D eigenvalue weighted by atomic mass is 32.2. The van der Waals surface area contributed by atoms with Gasteiger partial charge < -0.3 is 9.64 Å². The predicted molar refractivity (Wildman–Crippen MR) is 99.1 cm³/mol. The zero-order valence-corrected chi connectivity index (χ0v) is 16.3. The molecule has 26 heavy (non-hydrogen) atoms. The second-order valence-corrected chi connectivity index (χ2v) is 9.34. The van der Waals surface area contributed by atoms with E-state index in [0.29, 0.717) is 37.6 Å². The molecule has 0 N–H and O–H groups in total. The second kappa shape index (κ2) is 8.06. The molecule has 0 spiro atoms. The molecule has 1 aromatic rings. The summed E-state index contributed by atoms with van der Waals surface area (Å²) in [5.74, 6) is 0.407. The fourth-order valence-electron chi connectivity index (χ4n) is 3.94. The molecular formula is C19H28N2O4S. The normalized spacial score (nSPS) is 26.0. The number of carbonyl (C=O) groups excluding carboxylic acids is 1. The van der Waals surface area contributed by atoms with Crippen LogP contribution < -0.4 is 0 Å². The predicted octanol–water partition coefficient (Wildman–Crippen LogP) is 2.11. The second-order valence-electron chi connectivity index (χ2n) is 7.40. The molecule has 0 aliphatic carbocycles. The average molecular weight is 381 g/mol.